The Balaban J connectivity index is 1.48. The molecule has 3 aromatic rings. The van der Waals surface area contributed by atoms with Crippen molar-refractivity contribution < 1.29 is 9.29 Å². The minimum absolute atomic E-state index is 0.709. The molecule has 2 aliphatic heterocycles. The highest BCUT2D eigenvalue weighted by Crippen LogP contribution is 2.36. The molecule has 36 heavy (non-hydrogen) atoms. The van der Waals surface area contributed by atoms with Crippen molar-refractivity contribution in [1.82, 2.24) is 18.8 Å². The summed E-state index contributed by atoms with van der Waals surface area (Å²) in [6, 6.07) is 7.99. The monoisotopic (exact) mass is 521 g/mol. The summed E-state index contributed by atoms with van der Waals surface area (Å²) in [5.74, 6) is 2.91. The Hall–Kier alpha value is -2.85. The van der Waals surface area contributed by atoms with Crippen LogP contribution in [0.25, 0.3) is 17.5 Å². The minimum Gasteiger partial charge on any atom is -0.598 e. The third kappa shape index (κ3) is 4.88. The molecule has 0 fully saturated rings. The van der Waals surface area contributed by atoms with E-state index in [-0.39, 0.29) is 0 Å². The largest absolute Gasteiger partial charge is 0.598 e. The Morgan fingerprint density at radius 3 is 2.69 bits per heavy atom. The van der Waals surface area contributed by atoms with Gasteiger partial charge < -0.3 is 14.2 Å². The molecule has 0 amide bonds. The van der Waals surface area contributed by atoms with E-state index in [0.717, 1.165) is 65.3 Å². The number of ether oxygens (including phenoxy) is 1. The Labute approximate surface area is 219 Å². The zero-order valence-corrected chi connectivity index (χ0v) is 22.7. The lowest BCUT2D eigenvalue weighted by molar-refractivity contribution is 0.415. The van der Waals surface area contributed by atoms with E-state index in [0.29, 0.717) is 6.54 Å². The van der Waals surface area contributed by atoms with E-state index in [1.165, 1.54) is 11.1 Å². The number of hydrogen-bond donors (Lipinski definition) is 0. The maximum absolute atomic E-state index is 11.9. The molecule has 0 N–H and O–H groups in total. The topological polar surface area (TPSA) is 69.5 Å². The second kappa shape index (κ2) is 10.6. The second-order valence-electron chi connectivity index (χ2n) is 8.81. The predicted octanol–water partition coefficient (Wildman–Crippen LogP) is 5.22. The van der Waals surface area contributed by atoms with Gasteiger partial charge in [-0.3, -0.25) is 4.57 Å². The number of allylic oxidation sites excluding steroid dienone is 3. The average Bonchev–Trinajstić information content (AvgIpc) is 3.48. The normalized spacial score (nSPS) is 16.7. The smallest absolute Gasteiger partial charge is 0.191 e. The molecule has 4 heterocycles. The molecular weight excluding hydrogens is 490 g/mol. The molecule has 9 heteroatoms. The van der Waals surface area contributed by atoms with Crippen LogP contribution in [-0.4, -0.2) is 56.9 Å². The lowest BCUT2D eigenvalue weighted by Crippen LogP contribution is -2.34. The first-order valence-electron chi connectivity index (χ1n) is 12.1. The first-order valence-corrected chi connectivity index (χ1v) is 14.5. The van der Waals surface area contributed by atoms with Crippen molar-refractivity contribution in [3.05, 3.63) is 70.5 Å². The second-order valence-corrected chi connectivity index (χ2v) is 11.0. The van der Waals surface area contributed by atoms with Gasteiger partial charge in [0.2, 0.25) is 0 Å². The molecule has 0 bridgehead atoms. The van der Waals surface area contributed by atoms with Crippen LogP contribution in [0, 0.1) is 0 Å². The summed E-state index contributed by atoms with van der Waals surface area (Å²) in [6.07, 6.45) is 13.0. The van der Waals surface area contributed by atoms with E-state index in [4.69, 9.17) is 14.7 Å². The zero-order valence-electron chi connectivity index (χ0n) is 21.1. The van der Waals surface area contributed by atoms with Crippen LogP contribution in [0.2, 0.25) is 0 Å². The van der Waals surface area contributed by atoms with Gasteiger partial charge in [0.1, 0.15) is 23.6 Å². The van der Waals surface area contributed by atoms with Gasteiger partial charge in [0.25, 0.3) is 0 Å². The van der Waals surface area contributed by atoms with Crippen LogP contribution in [0.3, 0.4) is 0 Å². The van der Waals surface area contributed by atoms with Crippen molar-refractivity contribution in [2.24, 2.45) is 0 Å². The molecule has 7 nitrogen and oxygen atoms in total. The molecule has 1 atom stereocenters. The van der Waals surface area contributed by atoms with Gasteiger partial charge in [-0.1, -0.05) is 25.2 Å². The van der Waals surface area contributed by atoms with Gasteiger partial charge >= 0.3 is 0 Å². The Bertz CT molecular complexity index is 1320. The molecule has 0 saturated carbocycles. The SMILES string of the molecule is CCc1nc2n(c1N(C)c1nc(-c3ccc(OC)cc3)cs1)C=C(C1=CCN([S+](C)[O-])CC1)C=CC2. The van der Waals surface area contributed by atoms with E-state index < -0.39 is 11.4 Å². The number of anilines is 2. The number of aromatic nitrogens is 3. The van der Waals surface area contributed by atoms with E-state index >= 15 is 0 Å². The van der Waals surface area contributed by atoms with Crippen LogP contribution in [0.5, 0.6) is 5.75 Å². The summed E-state index contributed by atoms with van der Waals surface area (Å²) < 4.78 is 21.4. The van der Waals surface area contributed by atoms with E-state index in [1.54, 1.807) is 24.7 Å². The van der Waals surface area contributed by atoms with Crippen LogP contribution in [0.15, 0.2) is 59.0 Å². The predicted molar refractivity (Wildman–Crippen MR) is 149 cm³/mol. The fourth-order valence-electron chi connectivity index (χ4n) is 4.61. The highest BCUT2D eigenvalue weighted by molar-refractivity contribution is 7.88. The third-order valence-electron chi connectivity index (χ3n) is 6.62. The average molecular weight is 522 g/mol. The van der Waals surface area contributed by atoms with Gasteiger partial charge in [-0.05, 0) is 48.3 Å². The lowest BCUT2D eigenvalue weighted by atomic mass is 10.0. The van der Waals surface area contributed by atoms with Crippen molar-refractivity contribution in [2.75, 3.05) is 38.4 Å². The van der Waals surface area contributed by atoms with Gasteiger partial charge in [-0.2, -0.15) is 0 Å². The number of hydrogen-bond acceptors (Lipinski definition) is 7. The number of nitrogens with zero attached hydrogens (tertiary/aromatic N) is 5. The van der Waals surface area contributed by atoms with E-state index in [1.807, 2.05) is 28.6 Å². The van der Waals surface area contributed by atoms with Gasteiger partial charge in [0.15, 0.2) is 5.13 Å². The summed E-state index contributed by atoms with van der Waals surface area (Å²) in [5.41, 5.74) is 5.54. The zero-order chi connectivity index (χ0) is 25.2. The third-order valence-corrected chi connectivity index (χ3v) is 8.59. The maximum Gasteiger partial charge on any atom is 0.191 e. The fourth-order valence-corrected chi connectivity index (χ4v) is 6.04. The molecule has 1 aromatic carbocycles. The number of methoxy groups -OCH3 is 1. The fraction of sp³-hybridized carbons (Fsp3) is 0.333. The van der Waals surface area contributed by atoms with Crippen LogP contribution in [-0.2, 0) is 24.2 Å². The number of benzene rings is 1. The van der Waals surface area contributed by atoms with Crippen molar-refractivity contribution in [2.45, 2.75) is 26.2 Å². The van der Waals surface area contributed by atoms with E-state index in [9.17, 15) is 4.55 Å². The first-order chi connectivity index (χ1) is 17.5. The first kappa shape index (κ1) is 24.8. The van der Waals surface area contributed by atoms with Gasteiger partial charge in [-0.25, -0.2) is 9.97 Å². The summed E-state index contributed by atoms with van der Waals surface area (Å²) >= 11 is 0.691. The van der Waals surface area contributed by atoms with E-state index in [2.05, 4.69) is 53.2 Å². The molecule has 1 unspecified atom stereocenters. The molecule has 0 spiro atoms. The lowest BCUT2D eigenvalue weighted by Gasteiger charge is -2.25. The highest BCUT2D eigenvalue weighted by Gasteiger charge is 2.24. The standard InChI is InChI=1S/C27H31N5O2S2/c1-5-23-26(30(2)27-29-24(18-35-27)20-9-11-22(34-3)12-10-20)32-17-21(7-6-8-25(32)28-23)19-13-15-31(16-14-19)36(4)33/h6-7,9-13,17-18H,5,8,14-16H2,1-4H3. The number of aryl methyl sites for hydroxylation is 1. The molecule has 2 aromatic heterocycles. The number of rotatable bonds is 7. The molecule has 5 rings (SSSR count). The Kier molecular flexibility index (Phi) is 7.34. The van der Waals surface area contributed by atoms with Gasteiger partial charge in [0, 0.05) is 48.5 Å². The molecule has 0 saturated heterocycles. The summed E-state index contributed by atoms with van der Waals surface area (Å²) in [5, 5.41) is 3.02. The van der Waals surface area contributed by atoms with Crippen molar-refractivity contribution >= 4 is 39.8 Å². The Morgan fingerprint density at radius 1 is 1.22 bits per heavy atom. The van der Waals surface area contributed by atoms with Crippen molar-refractivity contribution in [1.29, 1.82) is 0 Å². The molecular formula is C27H31N5O2S2. The summed E-state index contributed by atoms with van der Waals surface area (Å²) in [4.78, 5) is 12.1. The highest BCUT2D eigenvalue weighted by atomic mass is 32.2. The summed E-state index contributed by atoms with van der Waals surface area (Å²) in [6.45, 7) is 3.66. The van der Waals surface area contributed by atoms with Crippen LogP contribution < -0.4 is 9.64 Å². The number of imidazole rings is 1. The number of fused-ring (bicyclic) bond motifs is 1. The van der Waals surface area contributed by atoms with Crippen molar-refractivity contribution in [3.63, 3.8) is 0 Å². The Morgan fingerprint density at radius 2 is 2.03 bits per heavy atom. The van der Waals surface area contributed by atoms with Crippen LogP contribution in [0.1, 0.15) is 24.9 Å². The quantitative estimate of drug-likeness (QED) is 0.397. The number of thiazole rings is 1. The molecule has 2 aliphatic rings. The maximum atomic E-state index is 11.9. The van der Waals surface area contributed by atoms with Gasteiger partial charge in [-0.15, -0.1) is 15.6 Å². The molecule has 0 radical (unpaired) electrons. The molecule has 188 valence electrons. The van der Waals surface area contributed by atoms with Crippen molar-refractivity contribution in [3.8, 4) is 17.0 Å². The van der Waals surface area contributed by atoms with Crippen LogP contribution >= 0.6 is 11.3 Å². The summed E-state index contributed by atoms with van der Waals surface area (Å²) in [7, 11) is 3.74. The van der Waals surface area contributed by atoms with Crippen LogP contribution in [0.4, 0.5) is 10.9 Å². The minimum atomic E-state index is -0.937. The van der Waals surface area contributed by atoms with Gasteiger partial charge in [0.05, 0.1) is 25.0 Å². The molecule has 0 aliphatic carbocycles.